The average Bonchev–Trinajstić information content (AvgIpc) is 3.18. The van der Waals surface area contributed by atoms with Crippen LogP contribution in [0.3, 0.4) is 0 Å². The van der Waals surface area contributed by atoms with Gasteiger partial charge in [0.15, 0.2) is 0 Å². The number of hydrogen-bond donors (Lipinski definition) is 2. The molecule has 0 saturated carbocycles. The summed E-state index contributed by atoms with van der Waals surface area (Å²) < 4.78 is 94.6. The zero-order valence-corrected chi connectivity index (χ0v) is 21.1. The van der Waals surface area contributed by atoms with Crippen molar-refractivity contribution in [1.82, 2.24) is 24.6 Å². The number of sulfonamides is 1. The molecule has 1 aliphatic rings. The second-order valence-corrected chi connectivity index (χ2v) is 10.9. The van der Waals surface area contributed by atoms with Gasteiger partial charge in [-0.15, -0.1) is 0 Å². The Morgan fingerprint density at radius 1 is 1.16 bits per heavy atom. The Kier molecular flexibility index (Phi) is 8.00. The van der Waals surface area contributed by atoms with Crippen molar-refractivity contribution in [2.45, 2.75) is 55.4 Å². The van der Waals surface area contributed by atoms with Gasteiger partial charge in [-0.2, -0.15) is 17.5 Å². The van der Waals surface area contributed by atoms with Crippen molar-refractivity contribution in [3.8, 4) is 11.3 Å². The Labute approximate surface area is 219 Å². The minimum Gasteiger partial charge on any atom is -0.377 e. The highest BCUT2D eigenvalue weighted by Crippen LogP contribution is 2.34. The first-order valence-electron chi connectivity index (χ1n) is 11.2. The van der Waals surface area contributed by atoms with Crippen LogP contribution in [0.5, 0.6) is 0 Å². The standard InChI is InChI=1S/C23H21ClF5N5O3S/c1-12-17(25)7-20(34(12)38(36,37)16-4-2-15(24)3-5-16)21(35)31-8-13-6-19(30-11-18(13)26)14-9-32-22(33-10-14)23(27,28)29/h2-6,9-12,17,20-21,31,35H,7-8H2,1H3/t12-,17+,20-,21?/m0/s1. The van der Waals surface area contributed by atoms with E-state index in [1.165, 1.54) is 37.3 Å². The number of nitrogens with one attached hydrogen (secondary N) is 1. The van der Waals surface area contributed by atoms with Gasteiger partial charge in [-0.25, -0.2) is 27.2 Å². The van der Waals surface area contributed by atoms with Crippen molar-refractivity contribution >= 4 is 21.6 Å². The summed E-state index contributed by atoms with van der Waals surface area (Å²) in [6, 6.07) is 4.21. The molecule has 0 aliphatic carbocycles. The van der Waals surface area contributed by atoms with Gasteiger partial charge in [-0.05, 0) is 37.3 Å². The van der Waals surface area contributed by atoms with E-state index in [2.05, 4.69) is 20.3 Å². The highest BCUT2D eigenvalue weighted by molar-refractivity contribution is 7.89. The number of pyridine rings is 1. The molecule has 8 nitrogen and oxygen atoms in total. The van der Waals surface area contributed by atoms with Gasteiger partial charge >= 0.3 is 6.18 Å². The number of nitrogens with zero attached hydrogens (tertiary/aromatic N) is 4. The van der Waals surface area contributed by atoms with E-state index in [1.54, 1.807) is 0 Å². The van der Waals surface area contributed by atoms with E-state index < -0.39 is 52.3 Å². The summed E-state index contributed by atoms with van der Waals surface area (Å²) in [5, 5.41) is 13.7. The minimum atomic E-state index is -4.73. The lowest BCUT2D eigenvalue weighted by Gasteiger charge is -2.31. The van der Waals surface area contributed by atoms with Crippen LogP contribution < -0.4 is 5.32 Å². The number of hydrogen-bond acceptors (Lipinski definition) is 7. The fourth-order valence-corrected chi connectivity index (χ4v) is 6.09. The molecule has 0 spiro atoms. The monoisotopic (exact) mass is 577 g/mol. The molecule has 0 amide bonds. The molecule has 38 heavy (non-hydrogen) atoms. The molecule has 4 atom stereocenters. The number of aliphatic hydroxyl groups is 1. The third-order valence-corrected chi connectivity index (χ3v) is 8.39. The van der Waals surface area contributed by atoms with Crippen LogP contribution in [0.25, 0.3) is 11.3 Å². The molecule has 1 saturated heterocycles. The summed E-state index contributed by atoms with van der Waals surface area (Å²) in [7, 11) is -4.22. The Hall–Kier alpha value is -2.78. The quantitative estimate of drug-likeness (QED) is 0.323. The molecule has 1 aliphatic heterocycles. The highest BCUT2D eigenvalue weighted by atomic mass is 35.5. The normalized spacial score (nSPS) is 21.5. The molecule has 0 bridgehead atoms. The maximum atomic E-state index is 14.6. The van der Waals surface area contributed by atoms with Crippen LogP contribution >= 0.6 is 11.6 Å². The van der Waals surface area contributed by atoms with Crippen LogP contribution in [0.4, 0.5) is 22.0 Å². The Morgan fingerprint density at radius 2 is 1.79 bits per heavy atom. The van der Waals surface area contributed by atoms with Gasteiger partial charge in [0.25, 0.3) is 0 Å². The van der Waals surface area contributed by atoms with Crippen LogP contribution in [0, 0.1) is 5.82 Å². The van der Waals surface area contributed by atoms with E-state index in [0.29, 0.717) is 5.02 Å². The molecule has 204 valence electrons. The molecule has 1 unspecified atom stereocenters. The Morgan fingerprint density at radius 3 is 2.39 bits per heavy atom. The van der Waals surface area contributed by atoms with Crippen molar-refractivity contribution in [1.29, 1.82) is 0 Å². The summed E-state index contributed by atoms with van der Waals surface area (Å²) in [5.41, 5.74) is 0.116. The van der Waals surface area contributed by atoms with Crippen LogP contribution in [0.2, 0.25) is 5.02 Å². The zero-order chi connectivity index (χ0) is 27.8. The summed E-state index contributed by atoms with van der Waals surface area (Å²) in [4.78, 5) is 10.2. The van der Waals surface area contributed by atoms with E-state index >= 15 is 0 Å². The van der Waals surface area contributed by atoms with E-state index in [0.717, 1.165) is 22.9 Å². The van der Waals surface area contributed by atoms with E-state index in [4.69, 9.17) is 11.6 Å². The summed E-state index contributed by atoms with van der Waals surface area (Å²) in [5.74, 6) is -2.14. The number of halogens is 6. The predicted octanol–water partition coefficient (Wildman–Crippen LogP) is 3.95. The SMILES string of the molecule is C[C@H]1[C@H](F)C[C@@H](C(O)NCc2cc(-c3cnc(C(F)(F)F)nc3)ncc2F)N1S(=O)(=O)c1ccc(Cl)cc1. The summed E-state index contributed by atoms with van der Waals surface area (Å²) in [6.45, 7) is 1.05. The third kappa shape index (κ3) is 5.78. The van der Waals surface area contributed by atoms with Gasteiger partial charge in [0.05, 0.1) is 28.9 Å². The van der Waals surface area contributed by atoms with Gasteiger partial charge in [-0.1, -0.05) is 11.6 Å². The summed E-state index contributed by atoms with van der Waals surface area (Å²) in [6.07, 6.45) is -5.58. The molecule has 0 radical (unpaired) electrons. The highest BCUT2D eigenvalue weighted by Gasteiger charge is 2.48. The largest absolute Gasteiger partial charge is 0.451 e. The molecule has 1 fully saturated rings. The summed E-state index contributed by atoms with van der Waals surface area (Å²) >= 11 is 5.83. The molecule has 15 heteroatoms. The zero-order valence-electron chi connectivity index (χ0n) is 19.6. The molecular formula is C23H21ClF5N5O3S. The lowest BCUT2D eigenvalue weighted by Crippen LogP contribution is -2.50. The molecule has 2 N–H and O–H groups in total. The maximum Gasteiger partial charge on any atom is 0.451 e. The van der Waals surface area contributed by atoms with Crippen molar-refractivity contribution in [3.05, 3.63) is 71.2 Å². The third-order valence-electron chi connectivity index (χ3n) is 6.11. The van der Waals surface area contributed by atoms with Crippen molar-refractivity contribution < 1.29 is 35.5 Å². The van der Waals surface area contributed by atoms with Crippen molar-refractivity contribution in [3.63, 3.8) is 0 Å². The van der Waals surface area contributed by atoms with Crippen molar-refractivity contribution in [2.75, 3.05) is 0 Å². The Balaban J connectivity index is 1.52. The predicted molar refractivity (Wildman–Crippen MR) is 126 cm³/mol. The van der Waals surface area contributed by atoms with Gasteiger partial charge in [0, 0.05) is 41.5 Å². The Bertz CT molecular complexity index is 1390. The average molecular weight is 578 g/mol. The molecule has 3 heterocycles. The minimum absolute atomic E-state index is 0.0381. The van der Waals surface area contributed by atoms with Crippen LogP contribution in [0.15, 0.2) is 53.8 Å². The second-order valence-electron chi connectivity index (χ2n) is 8.63. The van der Waals surface area contributed by atoms with Crippen LogP contribution in [0.1, 0.15) is 24.7 Å². The van der Waals surface area contributed by atoms with Crippen LogP contribution in [-0.2, 0) is 22.7 Å². The molecular weight excluding hydrogens is 557 g/mol. The van der Waals surface area contributed by atoms with Crippen molar-refractivity contribution in [2.24, 2.45) is 0 Å². The fourth-order valence-electron chi connectivity index (χ4n) is 4.12. The lowest BCUT2D eigenvalue weighted by molar-refractivity contribution is -0.145. The maximum absolute atomic E-state index is 14.6. The number of benzene rings is 1. The molecule has 4 rings (SSSR count). The van der Waals surface area contributed by atoms with E-state index in [1.807, 2.05) is 0 Å². The van der Waals surface area contributed by atoms with Gasteiger partial charge < -0.3 is 5.11 Å². The first kappa shape index (κ1) is 28.2. The first-order valence-corrected chi connectivity index (χ1v) is 13.0. The fraction of sp³-hybridized carbons (Fsp3) is 0.348. The van der Waals surface area contributed by atoms with E-state index in [-0.39, 0.29) is 34.7 Å². The number of aliphatic hydroxyl groups excluding tert-OH is 1. The van der Waals surface area contributed by atoms with E-state index in [9.17, 15) is 35.5 Å². The molecule has 3 aromatic rings. The van der Waals surface area contributed by atoms with Crippen LogP contribution in [-0.4, -0.2) is 57.3 Å². The second kappa shape index (κ2) is 10.8. The van der Waals surface area contributed by atoms with Gasteiger partial charge in [0.2, 0.25) is 15.8 Å². The molecule has 2 aromatic heterocycles. The lowest BCUT2D eigenvalue weighted by atomic mass is 10.1. The van der Waals surface area contributed by atoms with Gasteiger partial charge in [0.1, 0.15) is 18.2 Å². The smallest absolute Gasteiger partial charge is 0.377 e. The number of rotatable bonds is 7. The topological polar surface area (TPSA) is 108 Å². The first-order chi connectivity index (χ1) is 17.8. The number of aromatic nitrogens is 3. The molecule has 1 aromatic carbocycles. The van der Waals surface area contributed by atoms with Gasteiger partial charge in [-0.3, -0.25) is 10.3 Å². The number of alkyl halides is 4.